The number of H-pyrrole nitrogens is 1. The monoisotopic (exact) mass is 370 g/mol. The number of nitrogens with two attached hydrogens (primary N) is 1. The number of rotatable bonds is 3. The highest BCUT2D eigenvalue weighted by molar-refractivity contribution is 5.74. The van der Waals surface area contributed by atoms with Crippen molar-refractivity contribution in [3.05, 3.63) is 27.0 Å². The smallest absolute Gasteiger partial charge is 0.340 e. The molecule has 1 saturated heterocycles. The van der Waals surface area contributed by atoms with E-state index in [4.69, 9.17) is 5.73 Å². The van der Waals surface area contributed by atoms with Gasteiger partial charge in [-0.05, 0) is 19.3 Å². The summed E-state index contributed by atoms with van der Waals surface area (Å²) in [4.78, 5) is 36.4. The van der Waals surface area contributed by atoms with E-state index in [0.29, 0.717) is 6.54 Å². The van der Waals surface area contributed by atoms with Crippen LogP contribution in [0.4, 0.5) is 19.1 Å². The fourth-order valence-electron chi connectivity index (χ4n) is 3.38. The molecule has 2 aromatic heterocycles. The Balaban J connectivity index is 1.69. The van der Waals surface area contributed by atoms with E-state index in [1.165, 1.54) is 10.8 Å². The first kappa shape index (κ1) is 17.0. The van der Waals surface area contributed by atoms with E-state index in [2.05, 4.69) is 15.0 Å². The molecule has 2 unspecified atom stereocenters. The minimum absolute atomic E-state index is 0.0189. The zero-order chi connectivity index (χ0) is 18.6. The van der Waals surface area contributed by atoms with Gasteiger partial charge in [0.05, 0.1) is 0 Å². The summed E-state index contributed by atoms with van der Waals surface area (Å²) in [7, 11) is 0. The summed E-state index contributed by atoms with van der Waals surface area (Å²) in [5, 5.41) is 0.183. The summed E-state index contributed by atoms with van der Waals surface area (Å²) in [5.74, 6) is -0.548. The molecule has 3 heterocycles. The van der Waals surface area contributed by atoms with Crippen molar-refractivity contribution in [1.29, 1.82) is 0 Å². The van der Waals surface area contributed by atoms with Crippen molar-refractivity contribution >= 4 is 17.0 Å². The third-order valence-corrected chi connectivity index (χ3v) is 4.97. The normalized spacial score (nSPS) is 22.2. The van der Waals surface area contributed by atoms with Gasteiger partial charge in [0.1, 0.15) is 11.4 Å². The molecule has 0 spiro atoms. The van der Waals surface area contributed by atoms with Crippen molar-refractivity contribution in [2.45, 2.75) is 37.5 Å². The lowest BCUT2D eigenvalue weighted by atomic mass is 9.99. The zero-order valence-corrected chi connectivity index (χ0v) is 13.7. The first-order valence-corrected chi connectivity index (χ1v) is 8.34. The number of nitrogens with one attached hydrogen (secondary N) is 1. The Morgan fingerprint density at radius 1 is 1.27 bits per heavy atom. The maximum Gasteiger partial charge on any atom is 0.403 e. The Hall–Kier alpha value is -2.43. The summed E-state index contributed by atoms with van der Waals surface area (Å²) in [6.07, 6.45) is -1.25. The van der Waals surface area contributed by atoms with E-state index in [1.54, 1.807) is 4.90 Å². The van der Waals surface area contributed by atoms with E-state index >= 15 is 0 Å². The molecule has 2 aliphatic rings. The number of nitrogens with zero attached hydrogens (tertiary/aromatic N) is 4. The summed E-state index contributed by atoms with van der Waals surface area (Å²) < 4.78 is 39.9. The number of alkyl halides is 3. The number of anilines is 1. The first-order chi connectivity index (χ1) is 12.3. The number of halogens is 3. The van der Waals surface area contributed by atoms with Crippen LogP contribution >= 0.6 is 0 Å². The molecule has 3 N–H and O–H groups in total. The van der Waals surface area contributed by atoms with Gasteiger partial charge in [-0.3, -0.25) is 14.3 Å². The van der Waals surface area contributed by atoms with Gasteiger partial charge >= 0.3 is 11.9 Å². The van der Waals surface area contributed by atoms with E-state index in [1.807, 2.05) is 0 Å². The zero-order valence-electron chi connectivity index (χ0n) is 13.7. The lowest BCUT2D eigenvalue weighted by Crippen LogP contribution is -2.44. The average molecular weight is 370 g/mol. The summed E-state index contributed by atoms with van der Waals surface area (Å²) in [6, 6.07) is -1.92. The maximum absolute atomic E-state index is 12.8. The third kappa shape index (κ3) is 2.85. The predicted molar refractivity (Wildman–Crippen MR) is 87.0 cm³/mol. The van der Waals surface area contributed by atoms with Crippen LogP contribution in [0.25, 0.3) is 11.0 Å². The Labute approximate surface area is 144 Å². The highest BCUT2D eigenvalue weighted by Crippen LogP contribution is 2.35. The van der Waals surface area contributed by atoms with Gasteiger partial charge in [0.2, 0.25) is 5.95 Å². The lowest BCUT2D eigenvalue weighted by molar-refractivity contribution is -0.157. The predicted octanol–water partition coefficient (Wildman–Crippen LogP) is 0.531. The van der Waals surface area contributed by atoms with Crippen LogP contribution < -0.4 is 21.9 Å². The van der Waals surface area contributed by atoms with Gasteiger partial charge < -0.3 is 10.6 Å². The summed E-state index contributed by atoms with van der Waals surface area (Å²) >= 11 is 0. The Bertz CT molecular complexity index is 964. The molecule has 4 rings (SSSR count). The fourth-order valence-corrected chi connectivity index (χ4v) is 3.38. The van der Waals surface area contributed by atoms with Gasteiger partial charge in [0.15, 0.2) is 5.65 Å². The van der Waals surface area contributed by atoms with Crippen LogP contribution in [-0.4, -0.2) is 44.8 Å². The number of fused-ring (bicyclic) bond motifs is 1. The van der Waals surface area contributed by atoms with E-state index in [0.717, 1.165) is 12.8 Å². The van der Waals surface area contributed by atoms with Crippen LogP contribution in [0.15, 0.2) is 15.8 Å². The molecule has 0 bridgehead atoms. The molecule has 2 fully saturated rings. The van der Waals surface area contributed by atoms with Crippen LogP contribution in [0, 0.1) is 5.92 Å². The second-order valence-electron chi connectivity index (χ2n) is 6.83. The standard InChI is InChI=1S/C15H17F3N6O2/c16-15(17,18)10(19)7-3-4-23(6-7)13-20-5-9-11(21-13)24(8-1-2-8)14(26)22-12(9)25/h5,7-8,10H,1-4,6,19H2,(H,22,25,26). The molecule has 1 saturated carbocycles. The van der Waals surface area contributed by atoms with Gasteiger partial charge in [-0.15, -0.1) is 0 Å². The number of aromatic amines is 1. The molecule has 0 amide bonds. The van der Waals surface area contributed by atoms with Gasteiger partial charge in [-0.1, -0.05) is 0 Å². The van der Waals surface area contributed by atoms with Crippen molar-refractivity contribution in [3.8, 4) is 0 Å². The van der Waals surface area contributed by atoms with Gasteiger partial charge in [-0.25, -0.2) is 9.78 Å². The Morgan fingerprint density at radius 2 is 2.00 bits per heavy atom. The molecule has 1 aliphatic carbocycles. The first-order valence-electron chi connectivity index (χ1n) is 8.34. The minimum atomic E-state index is -4.45. The van der Waals surface area contributed by atoms with Gasteiger partial charge in [0.25, 0.3) is 5.56 Å². The second-order valence-corrected chi connectivity index (χ2v) is 6.83. The summed E-state index contributed by atoms with van der Waals surface area (Å²) in [5.41, 5.74) is 4.42. The molecule has 26 heavy (non-hydrogen) atoms. The molecule has 0 radical (unpaired) electrons. The molecule has 140 valence electrons. The van der Waals surface area contributed by atoms with Crippen molar-refractivity contribution in [3.63, 3.8) is 0 Å². The van der Waals surface area contributed by atoms with E-state index in [9.17, 15) is 22.8 Å². The van der Waals surface area contributed by atoms with Crippen LogP contribution in [0.2, 0.25) is 0 Å². The van der Waals surface area contributed by atoms with Crippen LogP contribution in [0.5, 0.6) is 0 Å². The minimum Gasteiger partial charge on any atom is -0.340 e. The maximum atomic E-state index is 12.8. The van der Waals surface area contributed by atoms with Crippen LogP contribution in [0.3, 0.4) is 0 Å². The quantitative estimate of drug-likeness (QED) is 0.816. The molecule has 0 aromatic carbocycles. The molecule has 2 aromatic rings. The number of aromatic nitrogens is 4. The van der Waals surface area contributed by atoms with Gasteiger partial charge in [0, 0.05) is 31.2 Å². The van der Waals surface area contributed by atoms with Crippen LogP contribution in [-0.2, 0) is 0 Å². The average Bonchev–Trinajstić information content (AvgIpc) is 3.28. The summed E-state index contributed by atoms with van der Waals surface area (Å²) in [6.45, 7) is 0.403. The number of hydrogen-bond donors (Lipinski definition) is 2. The van der Waals surface area contributed by atoms with Crippen molar-refractivity contribution in [2.75, 3.05) is 18.0 Å². The Kier molecular flexibility index (Phi) is 3.79. The molecule has 1 aliphatic heterocycles. The van der Waals surface area contributed by atoms with Crippen molar-refractivity contribution in [1.82, 2.24) is 19.5 Å². The van der Waals surface area contributed by atoms with E-state index < -0.39 is 29.4 Å². The van der Waals surface area contributed by atoms with E-state index in [-0.39, 0.29) is 36.0 Å². The van der Waals surface area contributed by atoms with Crippen molar-refractivity contribution < 1.29 is 13.2 Å². The molecular weight excluding hydrogens is 353 g/mol. The fraction of sp³-hybridized carbons (Fsp3) is 0.600. The molecule has 8 nitrogen and oxygen atoms in total. The topological polar surface area (TPSA) is 110 Å². The van der Waals surface area contributed by atoms with Gasteiger partial charge in [-0.2, -0.15) is 18.2 Å². The largest absolute Gasteiger partial charge is 0.403 e. The molecular formula is C15H17F3N6O2. The van der Waals surface area contributed by atoms with Crippen LogP contribution in [0.1, 0.15) is 25.3 Å². The van der Waals surface area contributed by atoms with Crippen molar-refractivity contribution in [2.24, 2.45) is 11.7 Å². The SMILES string of the molecule is NC(C1CCN(c2ncc3c(=O)[nH]c(=O)n(C4CC4)c3n2)C1)C(F)(F)F. The molecule has 2 atom stereocenters. The highest BCUT2D eigenvalue weighted by Gasteiger charge is 2.44. The molecule has 11 heteroatoms. The highest BCUT2D eigenvalue weighted by atomic mass is 19.4. The third-order valence-electron chi connectivity index (χ3n) is 4.97. The Morgan fingerprint density at radius 3 is 2.65 bits per heavy atom. The number of hydrogen-bond acceptors (Lipinski definition) is 6. The second kappa shape index (κ2) is 5.79. The lowest BCUT2D eigenvalue weighted by Gasteiger charge is -2.22.